The highest BCUT2D eigenvalue weighted by atomic mass is 19.3. The molecule has 1 saturated carbocycles. The molecule has 6 heteroatoms. The number of halogens is 2. The number of hydrogen-bond acceptors (Lipinski definition) is 4. The topological polar surface area (TPSA) is 47.0 Å². The Morgan fingerprint density at radius 1 is 0.850 bits per heavy atom. The number of aromatic nitrogens is 2. The zero-order valence-corrected chi connectivity index (χ0v) is 23.5. The van der Waals surface area contributed by atoms with Crippen LogP contribution in [0.1, 0.15) is 55.7 Å². The molecule has 0 bridgehead atoms. The summed E-state index contributed by atoms with van der Waals surface area (Å²) in [6, 6.07) is 24.5. The first-order valence-electron chi connectivity index (χ1n) is 13.8. The van der Waals surface area contributed by atoms with Gasteiger partial charge in [-0.15, -0.1) is 6.58 Å². The van der Waals surface area contributed by atoms with Crippen molar-refractivity contribution in [2.75, 3.05) is 12.4 Å². The number of benzene rings is 3. The van der Waals surface area contributed by atoms with Crippen LogP contribution in [-0.4, -0.2) is 17.0 Å². The Morgan fingerprint density at radius 3 is 2.02 bits per heavy atom. The summed E-state index contributed by atoms with van der Waals surface area (Å²) in [6.45, 7) is 5.55. The Morgan fingerprint density at radius 2 is 1.48 bits per heavy atom. The van der Waals surface area contributed by atoms with Gasteiger partial charge in [-0.25, -0.2) is 18.7 Å². The van der Waals surface area contributed by atoms with Crippen molar-refractivity contribution < 1.29 is 13.5 Å². The lowest BCUT2D eigenvalue weighted by molar-refractivity contribution is -0.00829. The average Bonchev–Trinajstić information content (AvgIpc) is 2.97. The van der Waals surface area contributed by atoms with Crippen LogP contribution in [0.25, 0.3) is 11.3 Å². The molecule has 0 unspecified atom stereocenters. The summed E-state index contributed by atoms with van der Waals surface area (Å²) < 4.78 is 32.2. The van der Waals surface area contributed by atoms with E-state index >= 15 is 0 Å². The third-order valence-electron chi connectivity index (χ3n) is 6.53. The van der Waals surface area contributed by atoms with Gasteiger partial charge < -0.3 is 10.1 Å². The molecular formula is C34H39F2N3O. The Labute approximate surface area is 237 Å². The molecule has 4 aromatic rings. The fraction of sp³-hybridized carbons (Fsp3) is 0.294. The largest absolute Gasteiger partial charge is 0.471 e. The highest BCUT2D eigenvalue weighted by molar-refractivity contribution is 5.66. The normalized spacial score (nSPS) is 12.0. The van der Waals surface area contributed by atoms with Gasteiger partial charge in [0.2, 0.25) is 5.88 Å². The molecule has 0 atom stereocenters. The third kappa shape index (κ3) is 9.60. The van der Waals surface area contributed by atoms with E-state index in [1.807, 2.05) is 61.6 Å². The molecule has 1 fully saturated rings. The second-order valence-electron chi connectivity index (χ2n) is 9.47. The first-order chi connectivity index (χ1) is 19.5. The van der Waals surface area contributed by atoms with Crippen molar-refractivity contribution in [2.24, 2.45) is 0 Å². The van der Waals surface area contributed by atoms with Gasteiger partial charge in [-0.05, 0) is 29.7 Å². The number of nitrogens with one attached hydrogen (secondary N) is 1. The number of ether oxygens (including phenoxy) is 1. The average molecular weight is 544 g/mol. The van der Waals surface area contributed by atoms with Gasteiger partial charge in [0.25, 0.3) is 5.92 Å². The molecule has 1 aliphatic rings. The molecule has 1 aromatic heterocycles. The van der Waals surface area contributed by atoms with Gasteiger partial charge in [-0.2, -0.15) is 0 Å². The molecule has 5 rings (SSSR count). The van der Waals surface area contributed by atoms with Crippen LogP contribution in [0.2, 0.25) is 0 Å². The number of nitrogens with zero attached hydrogens (tertiary/aromatic N) is 2. The van der Waals surface area contributed by atoms with Crippen molar-refractivity contribution in [3.8, 4) is 17.1 Å². The van der Waals surface area contributed by atoms with Crippen LogP contribution in [0.4, 0.5) is 14.5 Å². The first kappa shape index (κ1) is 30.5. The lowest BCUT2D eigenvalue weighted by Crippen LogP contribution is -2.11. The van der Waals surface area contributed by atoms with Crippen LogP contribution in [0, 0.1) is 0 Å². The molecule has 210 valence electrons. The second-order valence-corrected chi connectivity index (χ2v) is 9.47. The molecule has 0 radical (unpaired) electrons. The monoisotopic (exact) mass is 543 g/mol. The first-order valence-corrected chi connectivity index (χ1v) is 13.8. The van der Waals surface area contributed by atoms with Crippen LogP contribution in [0.3, 0.4) is 0 Å². The van der Waals surface area contributed by atoms with E-state index in [9.17, 15) is 8.78 Å². The molecule has 0 aliphatic heterocycles. The highest BCUT2D eigenvalue weighted by Crippen LogP contribution is 2.31. The molecule has 0 saturated heterocycles. The van der Waals surface area contributed by atoms with E-state index in [0.29, 0.717) is 12.5 Å². The summed E-state index contributed by atoms with van der Waals surface area (Å²) in [5.41, 5.74) is 4.99. The van der Waals surface area contributed by atoms with Gasteiger partial charge in [0.15, 0.2) is 0 Å². The van der Waals surface area contributed by atoms with E-state index in [-0.39, 0.29) is 12.0 Å². The number of allylic oxidation sites excluding steroid dienone is 1. The van der Waals surface area contributed by atoms with Crippen LogP contribution in [-0.2, 0) is 19.0 Å². The maximum absolute atomic E-state index is 13.2. The van der Waals surface area contributed by atoms with Crippen molar-refractivity contribution in [2.45, 2.75) is 58.0 Å². The quantitative estimate of drug-likeness (QED) is 0.214. The summed E-state index contributed by atoms with van der Waals surface area (Å²) in [5.74, 6) is -2.16. The fourth-order valence-electron chi connectivity index (χ4n) is 3.66. The van der Waals surface area contributed by atoms with Gasteiger partial charge in [-0.1, -0.05) is 105 Å². The molecular weight excluding hydrogens is 504 g/mol. The van der Waals surface area contributed by atoms with Gasteiger partial charge in [0.1, 0.15) is 12.3 Å². The van der Waals surface area contributed by atoms with Crippen molar-refractivity contribution in [3.05, 3.63) is 121 Å². The van der Waals surface area contributed by atoms with Gasteiger partial charge in [0, 0.05) is 42.7 Å². The van der Waals surface area contributed by atoms with Crippen LogP contribution in [0.15, 0.2) is 104 Å². The van der Waals surface area contributed by atoms with E-state index in [1.54, 1.807) is 30.6 Å². The molecule has 40 heavy (non-hydrogen) atoms. The minimum Gasteiger partial charge on any atom is -0.471 e. The predicted molar refractivity (Wildman–Crippen MR) is 161 cm³/mol. The predicted octanol–water partition coefficient (Wildman–Crippen LogP) is 9.24. The smallest absolute Gasteiger partial charge is 0.273 e. The maximum Gasteiger partial charge on any atom is 0.273 e. The van der Waals surface area contributed by atoms with E-state index in [2.05, 4.69) is 21.9 Å². The van der Waals surface area contributed by atoms with Gasteiger partial charge >= 0.3 is 0 Å². The van der Waals surface area contributed by atoms with Crippen molar-refractivity contribution in [3.63, 3.8) is 0 Å². The summed E-state index contributed by atoms with van der Waals surface area (Å²) in [6.07, 6.45) is 11.6. The zero-order valence-electron chi connectivity index (χ0n) is 23.5. The third-order valence-corrected chi connectivity index (χ3v) is 6.53. The molecule has 0 amide bonds. The van der Waals surface area contributed by atoms with E-state index in [4.69, 9.17) is 4.74 Å². The summed E-state index contributed by atoms with van der Waals surface area (Å²) in [4.78, 5) is 8.72. The molecule has 4 nitrogen and oxygen atoms in total. The van der Waals surface area contributed by atoms with Crippen molar-refractivity contribution >= 4 is 5.69 Å². The number of hydrogen-bond donors (Lipinski definition) is 1. The Balaban J connectivity index is 0.000000208. The van der Waals surface area contributed by atoms with Crippen molar-refractivity contribution in [1.82, 2.24) is 9.97 Å². The minimum absolute atomic E-state index is 0.0906. The lowest BCUT2D eigenvalue weighted by atomic mass is 10.0. The standard InChI is InChI=1S/C18H17N3O.C12H14F2.C4H8/c1-19-16-9-7-15(8-10-16)17-18(21-12-11-20-17)22-13-14-5-3-2-4-6-14;1-3-5-10-6-8-11(9-7-10)12(13,14)4-2;1-2-4-3-1/h2-12,19H,13H2,1H3;3,6-9H,1,4-5H2,2H3;1-4H2. The van der Waals surface area contributed by atoms with Crippen LogP contribution >= 0.6 is 0 Å². The van der Waals surface area contributed by atoms with E-state index < -0.39 is 5.92 Å². The zero-order chi connectivity index (χ0) is 28.6. The molecule has 0 spiro atoms. The number of rotatable bonds is 9. The Hall–Kier alpha value is -4.06. The lowest BCUT2D eigenvalue weighted by Gasteiger charge is -2.14. The van der Waals surface area contributed by atoms with Crippen LogP contribution in [0.5, 0.6) is 5.88 Å². The summed E-state index contributed by atoms with van der Waals surface area (Å²) in [5, 5.41) is 3.10. The summed E-state index contributed by atoms with van der Waals surface area (Å²) in [7, 11) is 1.89. The van der Waals surface area contributed by atoms with Gasteiger partial charge in [0.05, 0.1) is 0 Å². The number of anilines is 1. The van der Waals surface area contributed by atoms with Crippen molar-refractivity contribution in [1.29, 1.82) is 0 Å². The minimum atomic E-state index is -2.70. The molecule has 3 aromatic carbocycles. The molecule has 1 heterocycles. The molecule has 1 aliphatic carbocycles. The van der Waals surface area contributed by atoms with Gasteiger partial charge in [-0.3, -0.25) is 0 Å². The summed E-state index contributed by atoms with van der Waals surface area (Å²) >= 11 is 0. The Bertz CT molecular complexity index is 1270. The van der Waals surface area contributed by atoms with E-state index in [1.165, 1.54) is 44.7 Å². The fourth-order valence-corrected chi connectivity index (χ4v) is 3.66. The maximum atomic E-state index is 13.2. The van der Waals surface area contributed by atoms with E-state index in [0.717, 1.165) is 34.5 Å². The SMILES string of the molecule is C1CCC1.C=CCc1ccc(C(F)(F)CC)cc1.CNc1ccc(-c2nccnc2OCc2ccccc2)cc1. The second kappa shape index (κ2) is 16.1. The van der Waals surface area contributed by atoms with Crippen LogP contribution < -0.4 is 10.1 Å². The number of alkyl halides is 2. The highest BCUT2D eigenvalue weighted by Gasteiger charge is 2.28. The molecule has 1 N–H and O–H groups in total. The Kier molecular flexibility index (Phi) is 12.3.